The maximum absolute atomic E-state index is 11.3. The number of hydrogen-bond acceptors (Lipinski definition) is 4. The Hall–Kier alpha value is -1.56. The molecule has 0 aliphatic heterocycles. The van der Waals surface area contributed by atoms with Gasteiger partial charge in [0.05, 0.1) is 5.69 Å². The molecule has 0 bridgehead atoms. The number of aliphatic hydroxyl groups is 1. The smallest absolute Gasteiger partial charge is 0.341 e. The van der Waals surface area contributed by atoms with Crippen LogP contribution in [-0.2, 0) is 7.05 Å². The van der Waals surface area contributed by atoms with E-state index in [-0.39, 0.29) is 24.1 Å². The Labute approximate surface area is 112 Å². The molecule has 2 unspecified atom stereocenters. The largest absolute Gasteiger partial charge is 0.477 e. The Morgan fingerprint density at radius 1 is 1.47 bits per heavy atom. The van der Waals surface area contributed by atoms with Crippen molar-refractivity contribution in [3.05, 3.63) is 11.3 Å². The minimum Gasteiger partial charge on any atom is -0.477 e. The van der Waals surface area contributed by atoms with E-state index in [1.54, 1.807) is 18.7 Å². The van der Waals surface area contributed by atoms with E-state index in [2.05, 4.69) is 10.4 Å². The van der Waals surface area contributed by atoms with Crippen molar-refractivity contribution in [1.29, 1.82) is 0 Å². The predicted molar refractivity (Wildman–Crippen MR) is 71.4 cm³/mol. The van der Waals surface area contributed by atoms with E-state index in [1.807, 2.05) is 0 Å². The fourth-order valence-corrected chi connectivity index (χ4v) is 2.87. The maximum Gasteiger partial charge on any atom is 0.341 e. The molecule has 3 N–H and O–H groups in total. The fourth-order valence-electron chi connectivity index (χ4n) is 2.87. The number of nitrogens with zero attached hydrogens (tertiary/aromatic N) is 2. The van der Waals surface area contributed by atoms with E-state index in [0.717, 1.165) is 25.7 Å². The van der Waals surface area contributed by atoms with E-state index in [9.17, 15) is 15.0 Å². The first-order chi connectivity index (χ1) is 9.04. The highest BCUT2D eigenvalue weighted by molar-refractivity contribution is 5.94. The van der Waals surface area contributed by atoms with Gasteiger partial charge in [0.15, 0.2) is 0 Å². The number of rotatable bonds is 4. The van der Waals surface area contributed by atoms with Crippen molar-refractivity contribution >= 4 is 11.8 Å². The fraction of sp³-hybridized carbons (Fsp3) is 0.692. The van der Waals surface area contributed by atoms with E-state index in [1.165, 1.54) is 0 Å². The number of aromatic carboxylic acids is 1. The Morgan fingerprint density at radius 2 is 2.16 bits per heavy atom. The summed E-state index contributed by atoms with van der Waals surface area (Å²) in [5.41, 5.74) is 0.735. The number of nitrogens with one attached hydrogen (secondary N) is 1. The van der Waals surface area contributed by atoms with Crippen molar-refractivity contribution < 1.29 is 15.0 Å². The van der Waals surface area contributed by atoms with Crippen LogP contribution in [0.3, 0.4) is 0 Å². The van der Waals surface area contributed by atoms with Gasteiger partial charge in [-0.1, -0.05) is 12.8 Å². The number of carbonyl (C=O) groups is 1. The molecule has 6 heteroatoms. The molecule has 0 spiro atoms. The first-order valence-corrected chi connectivity index (χ1v) is 6.69. The zero-order chi connectivity index (χ0) is 14.0. The molecule has 1 aliphatic rings. The van der Waals surface area contributed by atoms with Gasteiger partial charge in [-0.2, -0.15) is 5.10 Å². The molecule has 2 atom stereocenters. The topological polar surface area (TPSA) is 87.4 Å². The highest BCUT2D eigenvalue weighted by Gasteiger charge is 2.28. The molecule has 6 nitrogen and oxygen atoms in total. The first-order valence-electron chi connectivity index (χ1n) is 6.69. The van der Waals surface area contributed by atoms with Crippen LogP contribution in [0.15, 0.2) is 0 Å². The second-order valence-electron chi connectivity index (χ2n) is 5.22. The number of aromatic nitrogens is 2. The van der Waals surface area contributed by atoms with Gasteiger partial charge < -0.3 is 15.5 Å². The van der Waals surface area contributed by atoms with Crippen LogP contribution in [0.2, 0.25) is 0 Å². The molecule has 1 aromatic rings. The quantitative estimate of drug-likeness (QED) is 0.767. The average molecular weight is 267 g/mol. The Bertz CT molecular complexity index is 470. The number of aliphatic hydroxyl groups excluding tert-OH is 1. The Morgan fingerprint density at radius 3 is 2.79 bits per heavy atom. The minimum atomic E-state index is -0.968. The number of hydrogen-bond donors (Lipinski definition) is 3. The average Bonchev–Trinajstić information content (AvgIpc) is 2.65. The van der Waals surface area contributed by atoms with Gasteiger partial charge in [0, 0.05) is 25.6 Å². The summed E-state index contributed by atoms with van der Waals surface area (Å²) in [7, 11) is 1.73. The lowest BCUT2D eigenvalue weighted by molar-refractivity contribution is 0.0697. The van der Waals surface area contributed by atoms with Gasteiger partial charge in [0.25, 0.3) is 0 Å². The summed E-state index contributed by atoms with van der Waals surface area (Å²) in [4.78, 5) is 11.3. The van der Waals surface area contributed by atoms with Gasteiger partial charge in [-0.05, 0) is 19.8 Å². The van der Waals surface area contributed by atoms with Gasteiger partial charge in [-0.25, -0.2) is 4.79 Å². The number of carboxylic acids is 1. The van der Waals surface area contributed by atoms with Crippen molar-refractivity contribution in [3.8, 4) is 0 Å². The maximum atomic E-state index is 11.3. The molecule has 1 aliphatic carbocycles. The Balaban J connectivity index is 2.24. The zero-order valence-corrected chi connectivity index (χ0v) is 11.4. The molecule has 0 aromatic carbocycles. The van der Waals surface area contributed by atoms with Gasteiger partial charge >= 0.3 is 5.97 Å². The van der Waals surface area contributed by atoms with E-state index in [4.69, 9.17) is 0 Å². The molecule has 0 saturated heterocycles. The Kier molecular flexibility index (Phi) is 4.09. The van der Waals surface area contributed by atoms with Gasteiger partial charge in [0.2, 0.25) is 0 Å². The van der Waals surface area contributed by atoms with E-state index in [0.29, 0.717) is 11.5 Å². The molecule has 1 fully saturated rings. The van der Waals surface area contributed by atoms with Crippen LogP contribution in [-0.4, -0.2) is 38.6 Å². The summed E-state index contributed by atoms with van der Waals surface area (Å²) in [5.74, 6) is -0.245. The second-order valence-corrected chi connectivity index (χ2v) is 5.22. The van der Waals surface area contributed by atoms with Crippen molar-refractivity contribution in [2.24, 2.45) is 13.0 Å². The summed E-state index contributed by atoms with van der Waals surface area (Å²) in [6.45, 7) is 1.83. The third kappa shape index (κ3) is 2.73. The second kappa shape index (κ2) is 5.61. The lowest BCUT2D eigenvalue weighted by Gasteiger charge is -2.31. The van der Waals surface area contributed by atoms with Crippen LogP contribution in [0.4, 0.5) is 5.82 Å². The third-order valence-corrected chi connectivity index (χ3v) is 3.90. The van der Waals surface area contributed by atoms with Crippen molar-refractivity contribution in [2.45, 2.75) is 38.6 Å². The van der Waals surface area contributed by atoms with Crippen molar-refractivity contribution in [2.75, 3.05) is 11.9 Å². The molecular weight excluding hydrogens is 246 g/mol. The van der Waals surface area contributed by atoms with Crippen molar-refractivity contribution in [3.63, 3.8) is 0 Å². The third-order valence-electron chi connectivity index (χ3n) is 3.90. The van der Waals surface area contributed by atoms with Gasteiger partial charge in [0.1, 0.15) is 11.4 Å². The lowest BCUT2D eigenvalue weighted by atomic mass is 9.85. The number of anilines is 1. The monoisotopic (exact) mass is 267 g/mol. The first kappa shape index (κ1) is 13.9. The molecule has 1 heterocycles. The van der Waals surface area contributed by atoms with Crippen molar-refractivity contribution in [1.82, 2.24) is 9.78 Å². The molecule has 19 heavy (non-hydrogen) atoms. The minimum absolute atomic E-state index is 0.117. The van der Waals surface area contributed by atoms with Gasteiger partial charge in [-0.3, -0.25) is 4.68 Å². The molecule has 2 rings (SSSR count). The number of aryl methyl sites for hydroxylation is 2. The van der Waals surface area contributed by atoms with Crippen LogP contribution < -0.4 is 5.32 Å². The molecule has 0 radical (unpaired) electrons. The highest BCUT2D eigenvalue weighted by atomic mass is 16.4. The van der Waals surface area contributed by atoms with Crippen LogP contribution >= 0.6 is 0 Å². The normalized spacial score (nSPS) is 23.3. The highest BCUT2D eigenvalue weighted by Crippen LogP contribution is 2.28. The molecular formula is C13H21N3O3. The van der Waals surface area contributed by atoms with E-state index >= 15 is 0 Å². The number of carboxylic acid groups (broad SMARTS) is 1. The molecule has 1 aromatic heterocycles. The van der Waals surface area contributed by atoms with Crippen LogP contribution in [0, 0.1) is 12.8 Å². The lowest BCUT2D eigenvalue weighted by Crippen LogP contribution is -2.35. The SMILES string of the molecule is Cc1nn(C)c(NC2CCCCC2CO)c1C(=O)O. The van der Waals surface area contributed by atoms with Crippen LogP contribution in [0.5, 0.6) is 0 Å². The summed E-state index contributed by atoms with van der Waals surface area (Å²) in [6, 6.07) is 0.117. The van der Waals surface area contributed by atoms with Crippen LogP contribution in [0.1, 0.15) is 41.7 Å². The van der Waals surface area contributed by atoms with Gasteiger partial charge in [-0.15, -0.1) is 0 Å². The summed E-state index contributed by atoms with van der Waals surface area (Å²) >= 11 is 0. The molecule has 106 valence electrons. The van der Waals surface area contributed by atoms with Crippen LogP contribution in [0.25, 0.3) is 0 Å². The molecule has 1 saturated carbocycles. The standard InChI is InChI=1S/C13H21N3O3/c1-8-11(13(18)19)12(16(2)15-8)14-10-6-4-3-5-9(10)7-17/h9-10,14,17H,3-7H2,1-2H3,(H,18,19). The summed E-state index contributed by atoms with van der Waals surface area (Å²) in [6.07, 6.45) is 4.16. The molecule has 0 amide bonds. The summed E-state index contributed by atoms with van der Waals surface area (Å²) in [5, 5.41) is 26.1. The zero-order valence-electron chi connectivity index (χ0n) is 11.4. The summed E-state index contributed by atoms with van der Waals surface area (Å²) < 4.78 is 1.57. The van der Waals surface area contributed by atoms with E-state index < -0.39 is 5.97 Å². The predicted octanol–water partition coefficient (Wildman–Crippen LogP) is 1.39.